The number of amides is 1. The molecule has 1 spiro atoms. The van der Waals surface area contributed by atoms with Gasteiger partial charge < -0.3 is 10.2 Å². The van der Waals surface area contributed by atoms with Gasteiger partial charge >= 0.3 is 0 Å². The maximum atomic E-state index is 14.2. The second kappa shape index (κ2) is 9.58. The monoisotopic (exact) mass is 497 g/mol. The fourth-order valence-electron chi connectivity index (χ4n) is 5.45. The number of rotatable bonds is 6. The van der Waals surface area contributed by atoms with Gasteiger partial charge in [0, 0.05) is 18.8 Å². The van der Waals surface area contributed by atoms with Gasteiger partial charge in [-0.1, -0.05) is 71.9 Å². The molecule has 190 valence electrons. The van der Waals surface area contributed by atoms with Crippen molar-refractivity contribution in [3.05, 3.63) is 59.2 Å². The van der Waals surface area contributed by atoms with Crippen molar-refractivity contribution in [2.75, 3.05) is 24.7 Å². The van der Waals surface area contributed by atoms with Gasteiger partial charge in [0.25, 0.3) is 0 Å². The van der Waals surface area contributed by atoms with Crippen molar-refractivity contribution < 1.29 is 13.2 Å². The van der Waals surface area contributed by atoms with E-state index in [1.54, 1.807) is 4.31 Å². The molecular formula is C28H39N3O3S. The lowest BCUT2D eigenvalue weighted by Crippen LogP contribution is -2.57. The highest BCUT2D eigenvalue weighted by molar-refractivity contribution is 7.89. The molecular weight excluding hydrogens is 458 g/mol. The molecule has 0 unspecified atom stereocenters. The second-order valence-corrected chi connectivity index (χ2v) is 12.7. The van der Waals surface area contributed by atoms with E-state index in [2.05, 4.69) is 63.9 Å². The van der Waals surface area contributed by atoms with Crippen LogP contribution in [-0.4, -0.2) is 43.9 Å². The number of hydrogen-bond donors (Lipinski definition) is 1. The highest BCUT2D eigenvalue weighted by Crippen LogP contribution is 2.40. The van der Waals surface area contributed by atoms with Crippen molar-refractivity contribution in [2.24, 2.45) is 0 Å². The van der Waals surface area contributed by atoms with E-state index < -0.39 is 15.6 Å². The van der Waals surface area contributed by atoms with Crippen LogP contribution in [0.2, 0.25) is 0 Å². The van der Waals surface area contributed by atoms with Crippen molar-refractivity contribution in [1.29, 1.82) is 0 Å². The molecule has 2 aromatic carbocycles. The van der Waals surface area contributed by atoms with E-state index in [-0.39, 0.29) is 17.7 Å². The average molecular weight is 498 g/mol. The summed E-state index contributed by atoms with van der Waals surface area (Å²) in [6.07, 6.45) is 0.927. The van der Waals surface area contributed by atoms with Crippen LogP contribution in [-0.2, 0) is 14.8 Å². The molecule has 1 amide bonds. The number of piperidine rings is 1. The zero-order valence-electron chi connectivity index (χ0n) is 21.8. The minimum atomic E-state index is -3.72. The Hall–Kier alpha value is -2.38. The first-order valence-corrected chi connectivity index (χ1v) is 14.2. The van der Waals surface area contributed by atoms with Gasteiger partial charge in [0.15, 0.2) is 0 Å². The van der Waals surface area contributed by atoms with Gasteiger partial charge in [0.05, 0.1) is 11.6 Å². The molecule has 2 fully saturated rings. The van der Waals surface area contributed by atoms with E-state index in [0.717, 1.165) is 16.8 Å². The van der Waals surface area contributed by atoms with Crippen molar-refractivity contribution in [3.63, 3.8) is 0 Å². The smallest absolute Gasteiger partial charge is 0.247 e. The number of carbonyl (C=O) groups is 1. The molecule has 2 heterocycles. The number of anilines is 1. The van der Waals surface area contributed by atoms with Crippen LogP contribution < -0.4 is 10.2 Å². The lowest BCUT2D eigenvalue weighted by molar-refractivity contribution is -0.124. The molecule has 0 radical (unpaired) electrons. The molecule has 2 aliphatic rings. The molecule has 6 nitrogen and oxygen atoms in total. The normalized spacial score (nSPS) is 18.8. The van der Waals surface area contributed by atoms with Gasteiger partial charge in [-0.3, -0.25) is 4.79 Å². The van der Waals surface area contributed by atoms with Crippen LogP contribution in [0.3, 0.4) is 0 Å². The maximum absolute atomic E-state index is 14.2. The highest BCUT2D eigenvalue weighted by atomic mass is 32.2. The third kappa shape index (κ3) is 4.49. The molecule has 0 saturated carbocycles. The molecule has 7 heteroatoms. The first kappa shape index (κ1) is 25.7. The molecule has 35 heavy (non-hydrogen) atoms. The third-order valence-electron chi connectivity index (χ3n) is 7.63. The van der Waals surface area contributed by atoms with Crippen LogP contribution in [0, 0.1) is 0 Å². The van der Waals surface area contributed by atoms with E-state index in [1.165, 1.54) is 5.56 Å². The van der Waals surface area contributed by atoms with Crippen LogP contribution in [0.1, 0.15) is 88.8 Å². The summed E-state index contributed by atoms with van der Waals surface area (Å²) in [6, 6.07) is 14.1. The van der Waals surface area contributed by atoms with E-state index in [9.17, 15) is 13.2 Å². The molecule has 2 saturated heterocycles. The standard InChI is InChI=1S/C28H39N3O3S/c1-19(2)22-16-24(20(3)4)26(25(17-22)21(5)6)35(33,34)30-14-12-28(13-15-30)27(32)29-18-31(28)23-10-8-7-9-11-23/h7-11,16-17,19-21H,12-15,18H2,1-6H3,(H,29,32). The molecule has 0 atom stereocenters. The number of para-hydroxylation sites is 1. The zero-order valence-corrected chi connectivity index (χ0v) is 22.7. The van der Waals surface area contributed by atoms with Crippen LogP contribution in [0.15, 0.2) is 47.4 Å². The Balaban J connectivity index is 1.70. The number of carbonyl (C=O) groups excluding carboxylic acids is 1. The van der Waals surface area contributed by atoms with Gasteiger partial charge in [0.1, 0.15) is 5.54 Å². The largest absolute Gasteiger partial charge is 0.339 e. The van der Waals surface area contributed by atoms with Gasteiger partial charge in [-0.2, -0.15) is 4.31 Å². The summed E-state index contributed by atoms with van der Waals surface area (Å²) >= 11 is 0. The predicted molar refractivity (Wildman–Crippen MR) is 141 cm³/mol. The number of nitrogens with zero attached hydrogens (tertiary/aromatic N) is 2. The predicted octanol–water partition coefficient (Wildman–Crippen LogP) is 5.17. The highest BCUT2D eigenvalue weighted by Gasteiger charge is 2.52. The van der Waals surface area contributed by atoms with Crippen LogP contribution in [0.25, 0.3) is 0 Å². The van der Waals surface area contributed by atoms with Crippen molar-refractivity contribution in [3.8, 4) is 0 Å². The van der Waals surface area contributed by atoms with Crippen molar-refractivity contribution in [2.45, 2.75) is 82.6 Å². The quantitative estimate of drug-likeness (QED) is 0.597. The summed E-state index contributed by atoms with van der Waals surface area (Å²) in [5, 5.41) is 3.00. The number of benzene rings is 2. The SMILES string of the molecule is CC(C)c1cc(C(C)C)c(S(=O)(=O)N2CCC3(CC2)C(=O)NCN3c2ccccc2)c(C(C)C)c1. The molecule has 0 bridgehead atoms. The Morgan fingerprint density at radius 1 is 0.857 bits per heavy atom. The Morgan fingerprint density at radius 3 is 1.89 bits per heavy atom. The van der Waals surface area contributed by atoms with Crippen molar-refractivity contribution >= 4 is 21.6 Å². The minimum Gasteiger partial charge on any atom is -0.339 e. The zero-order chi connectivity index (χ0) is 25.5. The number of nitrogens with one attached hydrogen (secondary N) is 1. The van der Waals surface area contributed by atoms with E-state index >= 15 is 0 Å². The Labute approximate surface area is 210 Å². The van der Waals surface area contributed by atoms with Crippen LogP contribution in [0.4, 0.5) is 5.69 Å². The van der Waals surface area contributed by atoms with Crippen LogP contribution in [0.5, 0.6) is 0 Å². The molecule has 0 aromatic heterocycles. The number of hydrogen-bond acceptors (Lipinski definition) is 4. The topological polar surface area (TPSA) is 69.7 Å². The Bertz CT molecular complexity index is 1150. The molecule has 1 N–H and O–H groups in total. The lowest BCUT2D eigenvalue weighted by atomic mass is 9.86. The van der Waals surface area contributed by atoms with Crippen LogP contribution >= 0.6 is 0 Å². The average Bonchev–Trinajstić information content (AvgIpc) is 3.14. The molecule has 2 aromatic rings. The van der Waals surface area contributed by atoms with Gasteiger partial charge in [-0.25, -0.2) is 8.42 Å². The third-order valence-corrected chi connectivity index (χ3v) is 9.66. The van der Waals surface area contributed by atoms with Gasteiger partial charge in [-0.15, -0.1) is 0 Å². The second-order valence-electron chi connectivity index (χ2n) is 10.9. The first-order chi connectivity index (χ1) is 16.5. The van der Waals surface area contributed by atoms with Gasteiger partial charge in [-0.05, 0) is 59.4 Å². The number of sulfonamides is 1. The summed E-state index contributed by atoms with van der Waals surface area (Å²) in [5.74, 6) is 0.481. The summed E-state index contributed by atoms with van der Waals surface area (Å²) in [5.41, 5.74) is 3.23. The first-order valence-electron chi connectivity index (χ1n) is 12.8. The van der Waals surface area contributed by atoms with Crippen molar-refractivity contribution in [1.82, 2.24) is 9.62 Å². The summed E-state index contributed by atoms with van der Waals surface area (Å²) in [7, 11) is -3.72. The van der Waals surface area contributed by atoms with Gasteiger partial charge in [0.2, 0.25) is 15.9 Å². The minimum absolute atomic E-state index is 0.00886. The Morgan fingerprint density at radius 2 is 1.40 bits per heavy atom. The molecule has 0 aliphatic carbocycles. The maximum Gasteiger partial charge on any atom is 0.247 e. The van der Waals surface area contributed by atoms with E-state index in [4.69, 9.17) is 0 Å². The Kier molecular flexibility index (Phi) is 7.04. The molecule has 4 rings (SSSR count). The summed E-state index contributed by atoms with van der Waals surface area (Å²) < 4.78 is 29.9. The fraction of sp³-hybridized carbons (Fsp3) is 0.536. The molecule has 2 aliphatic heterocycles. The summed E-state index contributed by atoms with van der Waals surface area (Å²) in [4.78, 5) is 15.6. The fourth-order valence-corrected chi connectivity index (χ4v) is 7.55. The lowest BCUT2D eigenvalue weighted by Gasteiger charge is -2.43. The summed E-state index contributed by atoms with van der Waals surface area (Å²) in [6.45, 7) is 13.6. The van der Waals surface area contributed by atoms with E-state index in [0.29, 0.717) is 43.4 Å². The van der Waals surface area contributed by atoms with E-state index in [1.807, 2.05) is 30.3 Å².